The minimum atomic E-state index is -3.64. The highest BCUT2D eigenvalue weighted by molar-refractivity contribution is 7.94. The van der Waals surface area contributed by atoms with E-state index in [9.17, 15) is 12.8 Å². The summed E-state index contributed by atoms with van der Waals surface area (Å²) in [7, 11) is -3.64. The number of benzene rings is 1. The predicted molar refractivity (Wildman–Crippen MR) is 98.4 cm³/mol. The zero-order chi connectivity index (χ0) is 17.9. The van der Waals surface area contributed by atoms with E-state index in [0.717, 1.165) is 11.3 Å². The van der Waals surface area contributed by atoms with Crippen LogP contribution in [0.3, 0.4) is 0 Å². The Morgan fingerprint density at radius 2 is 1.96 bits per heavy atom. The van der Waals surface area contributed by atoms with Gasteiger partial charge in [0.15, 0.2) is 0 Å². The maximum absolute atomic E-state index is 13.2. The van der Waals surface area contributed by atoms with E-state index in [-0.39, 0.29) is 15.8 Å². The van der Waals surface area contributed by atoms with Gasteiger partial charge in [-0.05, 0) is 48.9 Å². The highest BCUT2D eigenvalue weighted by Crippen LogP contribution is 2.24. The standard InChI is InChI=1S/C17H16FN3O2S2/c1-2-15-7-9-17(24-15)25(22,23)21-16-8-6-14(11-19-16)20-13-5-3-4-12(18)10-13/h3-11,20H,2H2,1H3,(H,19,21). The topological polar surface area (TPSA) is 71.1 Å². The summed E-state index contributed by atoms with van der Waals surface area (Å²) in [6.45, 7) is 1.97. The van der Waals surface area contributed by atoms with Crippen LogP contribution in [0.1, 0.15) is 11.8 Å². The molecule has 2 heterocycles. The number of halogens is 1. The maximum atomic E-state index is 13.2. The molecule has 0 fully saturated rings. The molecule has 2 N–H and O–H groups in total. The van der Waals surface area contributed by atoms with Crippen molar-refractivity contribution in [2.24, 2.45) is 0 Å². The van der Waals surface area contributed by atoms with Crippen molar-refractivity contribution >= 4 is 38.6 Å². The molecule has 0 saturated carbocycles. The van der Waals surface area contributed by atoms with Crippen LogP contribution in [-0.4, -0.2) is 13.4 Å². The van der Waals surface area contributed by atoms with E-state index in [1.54, 1.807) is 36.4 Å². The van der Waals surface area contributed by atoms with Crippen molar-refractivity contribution in [3.05, 3.63) is 65.4 Å². The van der Waals surface area contributed by atoms with Crippen LogP contribution in [0.4, 0.5) is 21.6 Å². The van der Waals surface area contributed by atoms with Crippen LogP contribution in [0.15, 0.2) is 58.9 Å². The Hall–Kier alpha value is -2.45. The molecule has 0 radical (unpaired) electrons. The molecule has 0 saturated heterocycles. The highest BCUT2D eigenvalue weighted by Gasteiger charge is 2.17. The second kappa shape index (κ2) is 7.20. The van der Waals surface area contributed by atoms with Crippen LogP contribution < -0.4 is 10.0 Å². The van der Waals surface area contributed by atoms with E-state index >= 15 is 0 Å². The van der Waals surface area contributed by atoms with Crippen LogP contribution in [-0.2, 0) is 16.4 Å². The van der Waals surface area contributed by atoms with Gasteiger partial charge in [0.05, 0.1) is 11.9 Å². The Labute approximate surface area is 149 Å². The molecule has 0 aliphatic heterocycles. The number of rotatable bonds is 6. The van der Waals surface area contributed by atoms with Gasteiger partial charge in [-0.25, -0.2) is 17.8 Å². The summed E-state index contributed by atoms with van der Waals surface area (Å²) in [4.78, 5) is 5.10. The monoisotopic (exact) mass is 377 g/mol. The van der Waals surface area contributed by atoms with Gasteiger partial charge in [0.1, 0.15) is 15.8 Å². The Kier molecular flexibility index (Phi) is 5.00. The molecule has 0 unspecified atom stereocenters. The minimum absolute atomic E-state index is 0.219. The zero-order valence-corrected chi connectivity index (χ0v) is 15.0. The first-order chi connectivity index (χ1) is 12.0. The molecule has 3 rings (SSSR count). The SMILES string of the molecule is CCc1ccc(S(=O)(=O)Nc2ccc(Nc3cccc(F)c3)cn2)s1. The Bertz CT molecular complexity index is 970. The number of aryl methyl sites for hydroxylation is 1. The average Bonchev–Trinajstić information content (AvgIpc) is 3.07. The molecule has 2 aromatic heterocycles. The number of sulfonamides is 1. The average molecular weight is 377 g/mol. The summed E-state index contributed by atoms with van der Waals surface area (Å²) in [6.07, 6.45) is 2.27. The van der Waals surface area contributed by atoms with Gasteiger partial charge >= 0.3 is 0 Å². The van der Waals surface area contributed by atoms with Crippen molar-refractivity contribution in [1.29, 1.82) is 0 Å². The fourth-order valence-corrected chi connectivity index (χ4v) is 4.45. The van der Waals surface area contributed by atoms with Crippen LogP contribution in [0.5, 0.6) is 0 Å². The number of nitrogens with one attached hydrogen (secondary N) is 2. The number of pyridine rings is 1. The summed E-state index contributed by atoms with van der Waals surface area (Å²) >= 11 is 1.24. The van der Waals surface area contributed by atoms with E-state index in [2.05, 4.69) is 15.0 Å². The number of nitrogens with zero attached hydrogens (tertiary/aromatic N) is 1. The fourth-order valence-electron chi connectivity index (χ4n) is 2.14. The second-order valence-corrected chi connectivity index (χ2v) is 8.32. The molecule has 1 aromatic carbocycles. The first-order valence-electron chi connectivity index (χ1n) is 7.56. The van der Waals surface area contributed by atoms with Crippen LogP contribution in [0.2, 0.25) is 0 Å². The first-order valence-corrected chi connectivity index (χ1v) is 9.86. The molecule has 0 aliphatic carbocycles. The quantitative estimate of drug-likeness (QED) is 0.668. The molecule has 0 bridgehead atoms. The smallest absolute Gasteiger partial charge is 0.272 e. The van der Waals surface area contributed by atoms with Crippen LogP contribution in [0, 0.1) is 5.82 Å². The summed E-state index contributed by atoms with van der Waals surface area (Å²) in [5.74, 6) is -0.124. The normalized spacial score (nSPS) is 11.3. The number of thiophene rings is 1. The minimum Gasteiger partial charge on any atom is -0.354 e. The fraction of sp³-hybridized carbons (Fsp3) is 0.118. The molecule has 5 nitrogen and oxygen atoms in total. The van der Waals surface area contributed by atoms with Crippen molar-refractivity contribution in [2.75, 3.05) is 10.0 Å². The van der Waals surface area contributed by atoms with Crippen LogP contribution in [0.25, 0.3) is 0 Å². The summed E-state index contributed by atoms with van der Waals surface area (Å²) < 4.78 is 40.6. The molecule has 0 atom stereocenters. The second-order valence-electron chi connectivity index (χ2n) is 5.25. The lowest BCUT2D eigenvalue weighted by molar-refractivity contribution is 0.603. The summed E-state index contributed by atoms with van der Waals surface area (Å²) in [6, 6.07) is 12.6. The lowest BCUT2D eigenvalue weighted by Gasteiger charge is -2.08. The van der Waals surface area contributed by atoms with Crippen molar-refractivity contribution < 1.29 is 12.8 Å². The molecule has 0 spiro atoms. The van der Waals surface area contributed by atoms with E-state index in [1.807, 2.05) is 6.92 Å². The van der Waals surface area contributed by atoms with Gasteiger partial charge in [-0.15, -0.1) is 11.3 Å². The Morgan fingerprint density at radius 3 is 2.60 bits per heavy atom. The van der Waals surface area contributed by atoms with E-state index in [0.29, 0.717) is 11.4 Å². The van der Waals surface area contributed by atoms with Crippen molar-refractivity contribution in [1.82, 2.24) is 4.98 Å². The number of hydrogen-bond acceptors (Lipinski definition) is 5. The lowest BCUT2D eigenvalue weighted by Crippen LogP contribution is -2.12. The lowest BCUT2D eigenvalue weighted by atomic mass is 10.3. The number of anilines is 3. The van der Waals surface area contributed by atoms with E-state index < -0.39 is 10.0 Å². The molecule has 8 heteroatoms. The summed E-state index contributed by atoms with van der Waals surface area (Å²) in [5.41, 5.74) is 1.21. The predicted octanol–water partition coefficient (Wildman–Crippen LogP) is 4.39. The van der Waals surface area contributed by atoms with Gasteiger partial charge in [-0.2, -0.15) is 0 Å². The Morgan fingerprint density at radius 1 is 1.12 bits per heavy atom. The molecule has 3 aromatic rings. The third-order valence-electron chi connectivity index (χ3n) is 3.37. The molecule has 25 heavy (non-hydrogen) atoms. The van der Waals surface area contributed by atoms with Gasteiger partial charge in [0.25, 0.3) is 10.0 Å². The molecule has 0 aliphatic rings. The molecule has 0 amide bonds. The van der Waals surface area contributed by atoms with Gasteiger partial charge < -0.3 is 5.32 Å². The zero-order valence-electron chi connectivity index (χ0n) is 13.4. The van der Waals surface area contributed by atoms with Crippen molar-refractivity contribution in [3.63, 3.8) is 0 Å². The summed E-state index contributed by atoms with van der Waals surface area (Å²) in [5, 5.41) is 3.00. The third kappa shape index (κ3) is 4.34. The largest absolute Gasteiger partial charge is 0.354 e. The molecular weight excluding hydrogens is 361 g/mol. The van der Waals surface area contributed by atoms with Gasteiger partial charge in [0.2, 0.25) is 0 Å². The van der Waals surface area contributed by atoms with Crippen molar-refractivity contribution in [3.8, 4) is 0 Å². The van der Waals surface area contributed by atoms with E-state index in [1.165, 1.54) is 29.7 Å². The van der Waals surface area contributed by atoms with Gasteiger partial charge in [-0.1, -0.05) is 13.0 Å². The highest BCUT2D eigenvalue weighted by atomic mass is 32.2. The Balaban J connectivity index is 1.72. The number of hydrogen-bond donors (Lipinski definition) is 2. The third-order valence-corrected chi connectivity index (χ3v) is 6.44. The van der Waals surface area contributed by atoms with E-state index in [4.69, 9.17) is 0 Å². The van der Waals surface area contributed by atoms with Gasteiger partial charge in [0, 0.05) is 10.6 Å². The van der Waals surface area contributed by atoms with Crippen LogP contribution >= 0.6 is 11.3 Å². The maximum Gasteiger partial charge on any atom is 0.272 e. The number of aromatic nitrogens is 1. The van der Waals surface area contributed by atoms with Gasteiger partial charge in [-0.3, -0.25) is 4.72 Å². The van der Waals surface area contributed by atoms with Crippen molar-refractivity contribution in [2.45, 2.75) is 17.6 Å². The molecular formula is C17H16FN3O2S2. The first kappa shape index (κ1) is 17.4. The molecule has 130 valence electrons.